The molecule has 1 aromatic carbocycles. The molecule has 0 fully saturated rings. The standard InChI is InChI=1S/C11H13FN2O2/c1-6(2)14-11(16)7-4-3-5-8(12)9(7)10(13)15/h3-6H,1-2H3,(H2,13,15)(H,14,16). The minimum atomic E-state index is -0.952. The molecule has 5 heteroatoms. The van der Waals surface area contributed by atoms with Gasteiger partial charge in [0.25, 0.3) is 11.8 Å². The fourth-order valence-electron chi connectivity index (χ4n) is 1.30. The normalized spacial score (nSPS) is 10.2. The van der Waals surface area contributed by atoms with Gasteiger partial charge in [0, 0.05) is 6.04 Å². The minimum Gasteiger partial charge on any atom is -0.365 e. The largest absolute Gasteiger partial charge is 0.365 e. The zero-order valence-electron chi connectivity index (χ0n) is 9.08. The molecular formula is C11H13FN2O2. The van der Waals surface area contributed by atoms with Crippen molar-refractivity contribution in [1.82, 2.24) is 5.32 Å². The van der Waals surface area contributed by atoms with Crippen LogP contribution in [0.25, 0.3) is 0 Å². The zero-order chi connectivity index (χ0) is 12.3. The average Bonchev–Trinajstić information content (AvgIpc) is 2.15. The molecule has 0 aliphatic heterocycles. The highest BCUT2D eigenvalue weighted by molar-refractivity contribution is 6.06. The topological polar surface area (TPSA) is 72.2 Å². The van der Waals surface area contributed by atoms with Crippen LogP contribution in [0.1, 0.15) is 34.6 Å². The summed E-state index contributed by atoms with van der Waals surface area (Å²) in [7, 11) is 0. The van der Waals surface area contributed by atoms with E-state index in [9.17, 15) is 14.0 Å². The highest BCUT2D eigenvalue weighted by Gasteiger charge is 2.19. The summed E-state index contributed by atoms with van der Waals surface area (Å²) in [6, 6.07) is 3.71. The third-order valence-corrected chi connectivity index (χ3v) is 1.92. The molecule has 0 aliphatic rings. The van der Waals surface area contributed by atoms with Crippen molar-refractivity contribution in [2.45, 2.75) is 19.9 Å². The van der Waals surface area contributed by atoms with Gasteiger partial charge in [-0.2, -0.15) is 0 Å². The number of hydrogen-bond acceptors (Lipinski definition) is 2. The van der Waals surface area contributed by atoms with Crippen molar-refractivity contribution in [2.75, 3.05) is 0 Å². The van der Waals surface area contributed by atoms with Crippen LogP contribution in [-0.2, 0) is 0 Å². The van der Waals surface area contributed by atoms with E-state index in [1.807, 2.05) is 0 Å². The Morgan fingerprint density at radius 2 is 2.00 bits per heavy atom. The van der Waals surface area contributed by atoms with Crippen molar-refractivity contribution in [3.05, 3.63) is 35.1 Å². The molecule has 0 aromatic heterocycles. The van der Waals surface area contributed by atoms with Crippen molar-refractivity contribution >= 4 is 11.8 Å². The smallest absolute Gasteiger partial charge is 0.252 e. The Labute approximate surface area is 92.6 Å². The van der Waals surface area contributed by atoms with Crippen molar-refractivity contribution in [1.29, 1.82) is 0 Å². The summed E-state index contributed by atoms with van der Waals surface area (Å²) in [6.45, 7) is 3.53. The van der Waals surface area contributed by atoms with Gasteiger partial charge in [-0.05, 0) is 26.0 Å². The van der Waals surface area contributed by atoms with Crippen molar-refractivity contribution < 1.29 is 14.0 Å². The van der Waals surface area contributed by atoms with E-state index in [1.54, 1.807) is 13.8 Å². The maximum Gasteiger partial charge on any atom is 0.252 e. The molecule has 0 bridgehead atoms. The van der Waals surface area contributed by atoms with Crippen LogP contribution in [0, 0.1) is 5.82 Å². The average molecular weight is 224 g/mol. The number of nitrogens with one attached hydrogen (secondary N) is 1. The Bertz CT molecular complexity index is 430. The highest BCUT2D eigenvalue weighted by atomic mass is 19.1. The van der Waals surface area contributed by atoms with E-state index in [0.717, 1.165) is 6.07 Å². The molecule has 0 aliphatic carbocycles. The van der Waals surface area contributed by atoms with E-state index < -0.39 is 17.6 Å². The lowest BCUT2D eigenvalue weighted by atomic mass is 10.1. The van der Waals surface area contributed by atoms with Crippen LogP contribution in [0.5, 0.6) is 0 Å². The maximum atomic E-state index is 13.3. The molecule has 0 heterocycles. The molecule has 0 unspecified atom stereocenters. The van der Waals surface area contributed by atoms with Crippen molar-refractivity contribution in [3.8, 4) is 0 Å². The second kappa shape index (κ2) is 4.74. The molecule has 86 valence electrons. The first kappa shape index (κ1) is 12.2. The third kappa shape index (κ3) is 2.56. The molecule has 0 radical (unpaired) electrons. The van der Waals surface area contributed by atoms with Crippen LogP contribution in [-0.4, -0.2) is 17.9 Å². The molecule has 0 atom stereocenters. The van der Waals surface area contributed by atoms with Gasteiger partial charge < -0.3 is 11.1 Å². The van der Waals surface area contributed by atoms with Crippen LogP contribution in [0.4, 0.5) is 4.39 Å². The zero-order valence-corrected chi connectivity index (χ0v) is 9.08. The Hall–Kier alpha value is -1.91. The fraction of sp³-hybridized carbons (Fsp3) is 0.273. The molecule has 0 saturated carbocycles. The van der Waals surface area contributed by atoms with Gasteiger partial charge >= 0.3 is 0 Å². The molecular weight excluding hydrogens is 211 g/mol. The van der Waals surface area contributed by atoms with Gasteiger partial charge in [0.05, 0.1) is 11.1 Å². The fourth-order valence-corrected chi connectivity index (χ4v) is 1.30. The number of rotatable bonds is 3. The Kier molecular flexibility index (Phi) is 3.60. The van der Waals surface area contributed by atoms with Crippen LogP contribution in [0.3, 0.4) is 0 Å². The Morgan fingerprint density at radius 3 is 2.50 bits per heavy atom. The van der Waals surface area contributed by atoms with E-state index in [4.69, 9.17) is 5.73 Å². The number of carbonyl (C=O) groups excluding carboxylic acids is 2. The first-order valence-electron chi connectivity index (χ1n) is 4.82. The minimum absolute atomic E-state index is 0.0406. The summed E-state index contributed by atoms with van der Waals surface area (Å²) in [6.07, 6.45) is 0. The van der Waals surface area contributed by atoms with Gasteiger partial charge in [0.1, 0.15) is 5.82 Å². The second-order valence-electron chi connectivity index (χ2n) is 3.65. The molecule has 1 rings (SSSR count). The van der Waals surface area contributed by atoms with Crippen LogP contribution in [0.15, 0.2) is 18.2 Å². The lowest BCUT2D eigenvalue weighted by Crippen LogP contribution is -2.32. The predicted molar refractivity (Wildman–Crippen MR) is 57.5 cm³/mol. The number of amides is 2. The summed E-state index contributed by atoms with van der Waals surface area (Å²) in [5.74, 6) is -2.25. The maximum absolute atomic E-state index is 13.3. The number of benzene rings is 1. The van der Waals surface area contributed by atoms with Crippen molar-refractivity contribution in [2.24, 2.45) is 5.73 Å². The van der Waals surface area contributed by atoms with Crippen LogP contribution in [0.2, 0.25) is 0 Å². The number of hydrogen-bond donors (Lipinski definition) is 2. The van der Waals surface area contributed by atoms with E-state index in [2.05, 4.69) is 5.32 Å². The van der Waals surface area contributed by atoms with Gasteiger partial charge in [-0.15, -0.1) is 0 Å². The van der Waals surface area contributed by atoms with Gasteiger partial charge in [-0.25, -0.2) is 4.39 Å². The molecule has 4 nitrogen and oxygen atoms in total. The molecule has 0 saturated heterocycles. The van der Waals surface area contributed by atoms with Gasteiger partial charge in [-0.1, -0.05) is 6.07 Å². The number of nitrogens with two attached hydrogens (primary N) is 1. The molecule has 3 N–H and O–H groups in total. The molecule has 0 spiro atoms. The number of halogens is 1. The molecule has 16 heavy (non-hydrogen) atoms. The highest BCUT2D eigenvalue weighted by Crippen LogP contribution is 2.13. The summed E-state index contributed by atoms with van der Waals surface area (Å²) < 4.78 is 13.3. The number of primary amides is 1. The Morgan fingerprint density at radius 1 is 1.38 bits per heavy atom. The Balaban J connectivity index is 3.18. The molecule has 1 aromatic rings. The second-order valence-corrected chi connectivity index (χ2v) is 3.65. The number of carbonyl (C=O) groups is 2. The van der Waals surface area contributed by atoms with Crippen LogP contribution < -0.4 is 11.1 Å². The van der Waals surface area contributed by atoms with E-state index >= 15 is 0 Å². The van der Waals surface area contributed by atoms with Crippen molar-refractivity contribution in [3.63, 3.8) is 0 Å². The van der Waals surface area contributed by atoms with Crippen LogP contribution >= 0.6 is 0 Å². The summed E-state index contributed by atoms with van der Waals surface area (Å²) in [5, 5.41) is 2.57. The first-order valence-corrected chi connectivity index (χ1v) is 4.82. The monoisotopic (exact) mass is 224 g/mol. The predicted octanol–water partition coefficient (Wildman–Crippen LogP) is 1.06. The van der Waals surface area contributed by atoms with E-state index in [-0.39, 0.29) is 17.2 Å². The van der Waals surface area contributed by atoms with Gasteiger partial charge in [-0.3, -0.25) is 9.59 Å². The SMILES string of the molecule is CC(C)NC(=O)c1cccc(F)c1C(N)=O. The lowest BCUT2D eigenvalue weighted by Gasteiger charge is -2.10. The van der Waals surface area contributed by atoms with E-state index in [1.165, 1.54) is 12.1 Å². The lowest BCUT2D eigenvalue weighted by molar-refractivity contribution is 0.0925. The quantitative estimate of drug-likeness (QED) is 0.805. The molecule has 2 amide bonds. The van der Waals surface area contributed by atoms with E-state index in [0.29, 0.717) is 0 Å². The summed E-state index contributed by atoms with van der Waals surface area (Å²) in [5.41, 5.74) is 4.61. The summed E-state index contributed by atoms with van der Waals surface area (Å²) in [4.78, 5) is 22.7. The van der Waals surface area contributed by atoms with Gasteiger partial charge in [0.2, 0.25) is 0 Å². The van der Waals surface area contributed by atoms with Gasteiger partial charge in [0.15, 0.2) is 0 Å². The summed E-state index contributed by atoms with van der Waals surface area (Å²) >= 11 is 0. The first-order chi connectivity index (χ1) is 7.43. The third-order valence-electron chi connectivity index (χ3n) is 1.92.